The lowest BCUT2D eigenvalue weighted by Gasteiger charge is -2.28. The number of hydrogen-bond donors (Lipinski definition) is 1. The fourth-order valence-corrected chi connectivity index (χ4v) is 2.91. The van der Waals surface area contributed by atoms with Gasteiger partial charge >= 0.3 is 12.1 Å². The van der Waals surface area contributed by atoms with Gasteiger partial charge in [-0.2, -0.15) is 0 Å². The minimum atomic E-state index is -0.783. The van der Waals surface area contributed by atoms with E-state index in [-0.39, 0.29) is 6.61 Å². The summed E-state index contributed by atoms with van der Waals surface area (Å²) in [6, 6.07) is 7.34. The molecule has 0 saturated carbocycles. The average molecular weight is 360 g/mol. The molecule has 0 saturated heterocycles. The molecule has 1 amide bonds. The number of amides is 1. The number of carbonyl (C=O) groups is 2. The summed E-state index contributed by atoms with van der Waals surface area (Å²) in [5.41, 5.74) is 2.74. The van der Waals surface area contributed by atoms with Gasteiger partial charge < -0.3 is 19.7 Å². The van der Waals surface area contributed by atoms with Crippen molar-refractivity contribution in [3.63, 3.8) is 0 Å². The second-order valence-corrected chi connectivity index (χ2v) is 7.36. The van der Waals surface area contributed by atoms with Crippen LogP contribution in [-0.4, -0.2) is 37.4 Å². The summed E-state index contributed by atoms with van der Waals surface area (Å²) in [5.74, 6) is -0.458. The number of esters is 1. The van der Waals surface area contributed by atoms with Gasteiger partial charge in [0.25, 0.3) is 0 Å². The van der Waals surface area contributed by atoms with E-state index in [0.717, 1.165) is 17.7 Å². The Morgan fingerprint density at radius 1 is 1.27 bits per heavy atom. The second-order valence-electron chi connectivity index (χ2n) is 7.36. The van der Waals surface area contributed by atoms with E-state index in [2.05, 4.69) is 17.4 Å². The Bertz CT molecular complexity index is 691. The molecule has 0 spiro atoms. The van der Waals surface area contributed by atoms with Gasteiger partial charge in [-0.15, -0.1) is 0 Å². The van der Waals surface area contributed by atoms with Crippen molar-refractivity contribution in [2.75, 3.05) is 18.6 Å². The molecular formula is C20H28N2O4. The predicted molar refractivity (Wildman–Crippen MR) is 101 cm³/mol. The van der Waals surface area contributed by atoms with E-state index in [4.69, 9.17) is 9.47 Å². The van der Waals surface area contributed by atoms with Crippen LogP contribution in [0.3, 0.4) is 0 Å². The molecule has 6 heteroatoms. The van der Waals surface area contributed by atoms with Crippen LogP contribution in [0.1, 0.15) is 39.7 Å². The zero-order valence-corrected chi connectivity index (χ0v) is 16.2. The number of rotatable bonds is 5. The highest BCUT2D eigenvalue weighted by atomic mass is 16.6. The maximum absolute atomic E-state index is 12.3. The lowest BCUT2D eigenvalue weighted by Crippen LogP contribution is -2.44. The van der Waals surface area contributed by atoms with Crippen LogP contribution >= 0.6 is 0 Å². The van der Waals surface area contributed by atoms with E-state index < -0.39 is 23.7 Å². The topological polar surface area (TPSA) is 67.9 Å². The van der Waals surface area contributed by atoms with Crippen molar-refractivity contribution in [1.29, 1.82) is 0 Å². The minimum absolute atomic E-state index is 0.257. The predicted octanol–water partition coefficient (Wildman–Crippen LogP) is 3.41. The molecule has 0 radical (unpaired) electrons. The second kappa shape index (κ2) is 8.25. The van der Waals surface area contributed by atoms with E-state index >= 15 is 0 Å². The Balaban J connectivity index is 2.12. The van der Waals surface area contributed by atoms with Crippen LogP contribution in [0.25, 0.3) is 0 Å². The zero-order valence-electron chi connectivity index (χ0n) is 16.2. The average Bonchev–Trinajstić information content (AvgIpc) is 2.53. The van der Waals surface area contributed by atoms with Crippen LogP contribution < -0.4 is 10.2 Å². The molecule has 1 aromatic carbocycles. The van der Waals surface area contributed by atoms with Gasteiger partial charge in [0, 0.05) is 25.4 Å². The molecule has 0 aliphatic carbocycles. The molecule has 1 atom stereocenters. The quantitative estimate of drug-likeness (QED) is 0.815. The van der Waals surface area contributed by atoms with Crippen LogP contribution in [-0.2, 0) is 20.7 Å². The molecule has 1 aliphatic heterocycles. The molecule has 1 aromatic rings. The van der Waals surface area contributed by atoms with Gasteiger partial charge in [0.15, 0.2) is 0 Å². The maximum Gasteiger partial charge on any atom is 0.408 e. The number of fused-ring (bicyclic) bond motifs is 1. The van der Waals surface area contributed by atoms with E-state index in [1.165, 1.54) is 5.56 Å². The monoisotopic (exact) mass is 360 g/mol. The number of carbonyl (C=O) groups excluding carboxylic acids is 2. The molecule has 1 heterocycles. The van der Waals surface area contributed by atoms with Gasteiger partial charge in [0.2, 0.25) is 0 Å². The number of ether oxygens (including phenoxy) is 2. The van der Waals surface area contributed by atoms with E-state index in [1.807, 2.05) is 30.3 Å². The van der Waals surface area contributed by atoms with Crippen molar-refractivity contribution < 1.29 is 19.1 Å². The Morgan fingerprint density at radius 2 is 1.96 bits per heavy atom. The van der Waals surface area contributed by atoms with E-state index in [0.29, 0.717) is 6.42 Å². The summed E-state index contributed by atoms with van der Waals surface area (Å²) in [4.78, 5) is 26.5. The van der Waals surface area contributed by atoms with Gasteiger partial charge in [0.05, 0.1) is 6.61 Å². The number of anilines is 1. The number of para-hydroxylation sites is 1. The van der Waals surface area contributed by atoms with Gasteiger partial charge in [0.1, 0.15) is 11.6 Å². The zero-order chi connectivity index (χ0) is 19.3. The highest BCUT2D eigenvalue weighted by Gasteiger charge is 2.27. The summed E-state index contributed by atoms with van der Waals surface area (Å²) < 4.78 is 10.4. The Morgan fingerprint density at radius 3 is 2.62 bits per heavy atom. The highest BCUT2D eigenvalue weighted by molar-refractivity contribution is 5.82. The van der Waals surface area contributed by atoms with Gasteiger partial charge in [-0.1, -0.05) is 18.2 Å². The smallest absolute Gasteiger partial charge is 0.408 e. The molecule has 2 rings (SSSR count). The van der Waals surface area contributed by atoms with E-state index in [9.17, 15) is 9.59 Å². The fourth-order valence-electron chi connectivity index (χ4n) is 2.91. The van der Waals surface area contributed by atoms with Crippen molar-refractivity contribution in [3.8, 4) is 0 Å². The van der Waals surface area contributed by atoms with Gasteiger partial charge in [-0.05, 0) is 51.3 Å². The van der Waals surface area contributed by atoms with Crippen LogP contribution in [0.15, 0.2) is 36.0 Å². The standard InChI is InChI=1S/C20H28N2O4/c1-6-25-18(23)16(21-19(24)26-20(2,3)4)12-14-11-15-9-7-8-10-17(15)22(5)13-14/h7-10,13,16H,6,11-12H2,1-5H3,(H,21,24). The first-order valence-electron chi connectivity index (χ1n) is 8.86. The van der Waals surface area contributed by atoms with Gasteiger partial charge in [-0.25, -0.2) is 9.59 Å². The maximum atomic E-state index is 12.3. The summed E-state index contributed by atoms with van der Waals surface area (Å²) >= 11 is 0. The number of benzene rings is 1. The summed E-state index contributed by atoms with van der Waals surface area (Å²) in [5, 5.41) is 2.65. The number of alkyl carbamates (subject to hydrolysis) is 1. The van der Waals surface area contributed by atoms with E-state index in [1.54, 1.807) is 27.7 Å². The highest BCUT2D eigenvalue weighted by Crippen LogP contribution is 2.29. The van der Waals surface area contributed by atoms with Crippen molar-refractivity contribution in [2.24, 2.45) is 0 Å². The van der Waals surface area contributed by atoms with Crippen LogP contribution in [0.4, 0.5) is 10.5 Å². The molecule has 6 nitrogen and oxygen atoms in total. The van der Waals surface area contributed by atoms with Crippen LogP contribution in [0, 0.1) is 0 Å². The Labute approximate surface area is 155 Å². The van der Waals surface area contributed by atoms with Crippen LogP contribution in [0.5, 0.6) is 0 Å². The summed E-state index contributed by atoms with van der Waals surface area (Å²) in [7, 11) is 1.97. The van der Waals surface area contributed by atoms with Crippen molar-refractivity contribution in [3.05, 3.63) is 41.6 Å². The molecular weight excluding hydrogens is 332 g/mol. The van der Waals surface area contributed by atoms with Crippen molar-refractivity contribution in [1.82, 2.24) is 5.32 Å². The number of nitrogens with zero attached hydrogens (tertiary/aromatic N) is 1. The van der Waals surface area contributed by atoms with Crippen molar-refractivity contribution in [2.45, 2.75) is 52.2 Å². The molecule has 1 unspecified atom stereocenters. The third kappa shape index (κ3) is 5.51. The fraction of sp³-hybridized carbons (Fsp3) is 0.500. The molecule has 142 valence electrons. The van der Waals surface area contributed by atoms with Crippen molar-refractivity contribution >= 4 is 17.7 Å². The molecule has 1 N–H and O–H groups in total. The molecule has 0 fully saturated rings. The van der Waals surface area contributed by atoms with Crippen LogP contribution in [0.2, 0.25) is 0 Å². The summed E-state index contributed by atoms with van der Waals surface area (Å²) in [6.45, 7) is 7.34. The largest absolute Gasteiger partial charge is 0.464 e. The normalized spacial score (nSPS) is 14.8. The lowest BCUT2D eigenvalue weighted by molar-refractivity contribution is -0.145. The Kier molecular flexibility index (Phi) is 6.29. The Hall–Kier alpha value is -2.50. The first-order valence-corrected chi connectivity index (χ1v) is 8.86. The third-order valence-corrected chi connectivity index (χ3v) is 3.89. The molecule has 0 bridgehead atoms. The SMILES string of the molecule is CCOC(=O)C(CC1=CN(C)c2ccccc2C1)NC(=O)OC(C)(C)C. The number of hydrogen-bond acceptors (Lipinski definition) is 5. The first-order chi connectivity index (χ1) is 12.2. The lowest BCUT2D eigenvalue weighted by atomic mass is 9.95. The molecule has 0 aromatic heterocycles. The van der Waals surface area contributed by atoms with Gasteiger partial charge in [-0.3, -0.25) is 0 Å². The molecule has 1 aliphatic rings. The summed E-state index contributed by atoms with van der Waals surface area (Å²) in [6.07, 6.45) is 2.48. The molecule has 26 heavy (non-hydrogen) atoms. The third-order valence-electron chi connectivity index (χ3n) is 3.89. The first kappa shape index (κ1) is 19.8. The minimum Gasteiger partial charge on any atom is -0.464 e. The number of nitrogens with one attached hydrogen (secondary N) is 1.